The number of nitrogens with zero attached hydrogens (tertiary/aromatic N) is 1. The van der Waals surface area contributed by atoms with Gasteiger partial charge in [-0.25, -0.2) is 0 Å². The van der Waals surface area contributed by atoms with Crippen molar-refractivity contribution in [1.29, 1.82) is 0 Å². The van der Waals surface area contributed by atoms with Crippen LogP contribution in [0.3, 0.4) is 0 Å². The molecule has 0 radical (unpaired) electrons. The van der Waals surface area contributed by atoms with Crippen molar-refractivity contribution in [1.82, 2.24) is 0 Å². The molecule has 4 bridgehead atoms. The molecule has 6 aromatic rings. The van der Waals surface area contributed by atoms with Crippen LogP contribution in [0.2, 0.25) is 0 Å². The molecule has 56 heavy (non-hydrogen) atoms. The maximum atomic E-state index is 2.70. The van der Waals surface area contributed by atoms with E-state index in [4.69, 9.17) is 0 Å². The average molecular weight is 748 g/mol. The normalized spacial score (nSPS) is 26.0. The van der Waals surface area contributed by atoms with E-state index in [0.717, 1.165) is 11.8 Å². The Morgan fingerprint density at radius 1 is 0.464 bits per heavy atom. The first-order valence-electron chi connectivity index (χ1n) is 21.3. The molecule has 1 aliphatic heterocycles. The third-order valence-corrected chi connectivity index (χ3v) is 16.3. The molecule has 2 heteroatoms. The van der Waals surface area contributed by atoms with E-state index in [2.05, 4.69) is 172 Å². The lowest BCUT2D eigenvalue weighted by molar-refractivity contribution is -0.0443. The Balaban J connectivity index is 1.17. The third-order valence-electron chi connectivity index (χ3n) is 15.2. The first kappa shape index (κ1) is 34.7. The van der Waals surface area contributed by atoms with E-state index in [0.29, 0.717) is 11.8 Å². The van der Waals surface area contributed by atoms with Gasteiger partial charge in [0.15, 0.2) is 0 Å². The van der Waals surface area contributed by atoms with Crippen molar-refractivity contribution < 1.29 is 0 Å². The molecule has 4 fully saturated rings. The van der Waals surface area contributed by atoms with Crippen LogP contribution in [-0.4, -0.2) is 0 Å². The highest BCUT2D eigenvalue weighted by atomic mass is 32.2. The van der Waals surface area contributed by atoms with Crippen LogP contribution in [0.1, 0.15) is 94.9 Å². The van der Waals surface area contributed by atoms with E-state index in [9.17, 15) is 0 Å². The van der Waals surface area contributed by atoms with Gasteiger partial charge < -0.3 is 4.90 Å². The van der Waals surface area contributed by atoms with Gasteiger partial charge in [0, 0.05) is 32.1 Å². The van der Waals surface area contributed by atoms with Crippen LogP contribution in [0, 0.1) is 23.7 Å². The monoisotopic (exact) mass is 747 g/mol. The topological polar surface area (TPSA) is 3.24 Å². The molecule has 6 aromatic carbocycles. The molecule has 0 unspecified atom stereocenters. The number of anilines is 3. The van der Waals surface area contributed by atoms with Gasteiger partial charge in [-0.05, 0) is 161 Å². The van der Waals surface area contributed by atoms with E-state index >= 15 is 0 Å². The number of hydrogen-bond donors (Lipinski definition) is 0. The summed E-state index contributed by atoms with van der Waals surface area (Å²) in [5, 5.41) is 0. The van der Waals surface area contributed by atoms with Gasteiger partial charge in [0.05, 0.1) is 5.69 Å². The summed E-state index contributed by atoms with van der Waals surface area (Å²) < 4.78 is 0. The zero-order valence-corrected chi connectivity index (χ0v) is 34.2. The zero-order valence-electron chi connectivity index (χ0n) is 33.4. The van der Waals surface area contributed by atoms with Gasteiger partial charge in [0.25, 0.3) is 0 Å². The summed E-state index contributed by atoms with van der Waals surface area (Å²) in [4.78, 5) is 5.53. The van der Waals surface area contributed by atoms with E-state index < -0.39 is 0 Å². The Hall–Kier alpha value is -4.53. The van der Waals surface area contributed by atoms with Gasteiger partial charge in [-0.2, -0.15) is 0 Å². The minimum absolute atomic E-state index is 0.0796. The lowest BCUT2D eigenvalue weighted by Crippen LogP contribution is -2.57. The van der Waals surface area contributed by atoms with Gasteiger partial charge in [-0.1, -0.05) is 137 Å². The molecule has 0 aromatic heterocycles. The number of hydrogen-bond acceptors (Lipinski definition) is 2. The summed E-state index contributed by atoms with van der Waals surface area (Å²) in [5.41, 5.74) is 15.4. The summed E-state index contributed by atoms with van der Waals surface area (Å²) in [6, 6.07) is 53.7. The van der Waals surface area contributed by atoms with Gasteiger partial charge >= 0.3 is 0 Å². The summed E-state index contributed by atoms with van der Waals surface area (Å²) in [6.07, 6.45) is 9.41. The van der Waals surface area contributed by atoms with Crippen LogP contribution >= 0.6 is 11.8 Å². The Morgan fingerprint density at radius 2 is 1.04 bits per heavy atom. The molecular weight excluding hydrogens is 695 g/mol. The quantitative estimate of drug-likeness (QED) is 0.173. The first-order chi connectivity index (χ1) is 27.2. The minimum atomic E-state index is 0.0796. The smallest absolute Gasteiger partial charge is 0.0551 e. The molecule has 280 valence electrons. The second-order valence-electron chi connectivity index (χ2n) is 19.2. The number of rotatable bonds is 5. The van der Waals surface area contributed by atoms with Crippen molar-refractivity contribution in [2.75, 3.05) is 4.90 Å². The Bertz CT molecular complexity index is 2430. The van der Waals surface area contributed by atoms with Crippen molar-refractivity contribution >= 4 is 28.8 Å². The second-order valence-corrected chi connectivity index (χ2v) is 20.3. The average Bonchev–Trinajstić information content (AvgIpc) is 3.22. The van der Waals surface area contributed by atoms with Crippen LogP contribution in [0.4, 0.5) is 17.1 Å². The van der Waals surface area contributed by atoms with Crippen LogP contribution in [0.5, 0.6) is 0 Å². The van der Waals surface area contributed by atoms with Crippen LogP contribution < -0.4 is 4.90 Å². The van der Waals surface area contributed by atoms with Crippen molar-refractivity contribution in [2.24, 2.45) is 23.7 Å². The molecule has 1 nitrogen and oxygen atoms in total. The molecule has 4 saturated carbocycles. The highest BCUT2D eigenvalue weighted by Gasteiger charge is 2.60. The third kappa shape index (κ3) is 5.27. The lowest BCUT2D eigenvalue weighted by atomic mass is 9.42. The van der Waals surface area contributed by atoms with Gasteiger partial charge in [0.1, 0.15) is 0 Å². The van der Waals surface area contributed by atoms with Crippen LogP contribution in [-0.2, 0) is 16.2 Å². The van der Waals surface area contributed by atoms with Crippen molar-refractivity contribution in [3.63, 3.8) is 0 Å². The van der Waals surface area contributed by atoms with Crippen LogP contribution in [0.25, 0.3) is 22.3 Å². The maximum absolute atomic E-state index is 2.70. The Labute approximate surface area is 338 Å². The van der Waals surface area contributed by atoms with Gasteiger partial charge in [-0.15, -0.1) is 0 Å². The maximum Gasteiger partial charge on any atom is 0.0551 e. The molecule has 1 heterocycles. The summed E-state index contributed by atoms with van der Waals surface area (Å²) >= 11 is 2.02. The fourth-order valence-corrected chi connectivity index (χ4v) is 13.8. The highest BCUT2D eigenvalue weighted by molar-refractivity contribution is 7.99. The molecule has 12 rings (SSSR count). The molecule has 0 saturated heterocycles. The van der Waals surface area contributed by atoms with Crippen molar-refractivity contribution in [3.05, 3.63) is 162 Å². The summed E-state index contributed by atoms with van der Waals surface area (Å²) in [6.45, 7) is 9.78. The van der Waals surface area contributed by atoms with E-state index in [1.54, 1.807) is 11.1 Å². The zero-order chi connectivity index (χ0) is 37.8. The molecule has 1 spiro atoms. The Kier molecular flexibility index (Phi) is 7.89. The summed E-state index contributed by atoms with van der Waals surface area (Å²) in [7, 11) is 0. The lowest BCUT2D eigenvalue weighted by Gasteiger charge is -2.63. The Morgan fingerprint density at radius 3 is 1.71 bits per heavy atom. The minimum Gasteiger partial charge on any atom is -0.310 e. The van der Waals surface area contributed by atoms with Crippen molar-refractivity contribution in [3.8, 4) is 22.3 Å². The van der Waals surface area contributed by atoms with E-state index in [1.807, 2.05) is 11.8 Å². The molecule has 0 amide bonds. The van der Waals surface area contributed by atoms with Crippen LogP contribution in [0.15, 0.2) is 149 Å². The molecule has 0 atom stereocenters. The molecule has 0 N–H and O–H groups in total. The molecule has 6 aliphatic rings. The fourth-order valence-electron chi connectivity index (χ4n) is 12.6. The predicted molar refractivity (Wildman–Crippen MR) is 236 cm³/mol. The first-order valence-corrected chi connectivity index (χ1v) is 22.1. The number of benzene rings is 6. The largest absolute Gasteiger partial charge is 0.310 e. The fraction of sp³-hybridized carbons (Fsp3) is 0.333. The van der Waals surface area contributed by atoms with Gasteiger partial charge in [-0.3, -0.25) is 0 Å². The molecular formula is C54H53NS. The predicted octanol–water partition coefficient (Wildman–Crippen LogP) is 15.0. The number of fused-ring (bicyclic) bond motifs is 3. The summed E-state index contributed by atoms with van der Waals surface area (Å²) in [5.74, 6) is 3.24. The second kappa shape index (κ2) is 12.7. The molecule has 5 aliphatic carbocycles. The SMILES string of the molecule is CC1(C)CCC(C)(C)c2cc(N(c3ccc(-c4ccccc4)cc3)c3cc4c(cc3-c3ccccc3)C3(c5ccccc5S4)C4CC5CC(C4)CC3C5)ccc21. The highest BCUT2D eigenvalue weighted by Crippen LogP contribution is 2.69. The van der Waals surface area contributed by atoms with Crippen molar-refractivity contribution in [2.45, 2.75) is 98.7 Å². The van der Waals surface area contributed by atoms with E-state index in [-0.39, 0.29) is 16.2 Å². The van der Waals surface area contributed by atoms with E-state index in [1.165, 1.54) is 105 Å². The van der Waals surface area contributed by atoms with Gasteiger partial charge in [0.2, 0.25) is 0 Å². The standard InChI is InChI=1S/C54H53NS/c1-52(2)25-26-53(3,4)47-32-43(23-24-45(47)52)55(42-21-19-38(20-22-42)37-13-7-5-8-14-37)49-34-51-48(33-44(49)39-15-9-6-10-16-39)54(46-17-11-12-18-50(46)56-51)40-28-35-27-36(30-40)31-41(54)29-35/h5-24,32-36,40-41H,25-31H2,1-4H3.